The van der Waals surface area contributed by atoms with Crippen LogP contribution in [0.25, 0.3) is 0 Å². The number of thiazole rings is 1. The highest BCUT2D eigenvalue weighted by atomic mass is 32.1. The molecule has 22 heavy (non-hydrogen) atoms. The Hall–Kier alpha value is -1.43. The van der Waals surface area contributed by atoms with Crippen LogP contribution in [-0.2, 0) is 9.59 Å². The van der Waals surface area contributed by atoms with Crippen molar-refractivity contribution in [2.24, 2.45) is 11.8 Å². The van der Waals surface area contributed by atoms with Crippen LogP contribution in [0.4, 0.5) is 0 Å². The van der Waals surface area contributed by atoms with E-state index in [1.54, 1.807) is 17.5 Å². The first-order valence-electron chi connectivity index (χ1n) is 8.17. The Kier molecular flexibility index (Phi) is 4.76. The minimum Gasteiger partial charge on any atom is -0.347 e. The van der Waals surface area contributed by atoms with E-state index in [-0.39, 0.29) is 23.8 Å². The van der Waals surface area contributed by atoms with Gasteiger partial charge >= 0.3 is 0 Å². The molecule has 1 aromatic heterocycles. The first-order valence-corrected chi connectivity index (χ1v) is 9.05. The van der Waals surface area contributed by atoms with Crippen molar-refractivity contribution in [2.45, 2.75) is 45.1 Å². The third-order valence-corrected chi connectivity index (χ3v) is 5.47. The lowest BCUT2D eigenvalue weighted by atomic mass is 9.95. The normalized spacial score (nSPS) is 20.7. The molecule has 3 rings (SSSR count). The maximum atomic E-state index is 12.4. The quantitative estimate of drug-likeness (QED) is 0.905. The van der Waals surface area contributed by atoms with Crippen molar-refractivity contribution in [2.75, 3.05) is 13.1 Å². The average Bonchev–Trinajstić information content (AvgIpc) is 3.27. The zero-order valence-corrected chi connectivity index (χ0v) is 13.8. The summed E-state index contributed by atoms with van der Waals surface area (Å²) in [6.45, 7) is 3.51. The standard InChI is InChI=1S/C16H23N3O2S/c1-2-13(15-17-7-10-22-15)18-14(20)11-5-8-19(9-6-11)16(21)12-3-4-12/h7,10-13H,2-6,8-9H2,1H3,(H,18,20). The summed E-state index contributed by atoms with van der Waals surface area (Å²) in [6.07, 6.45) is 6.27. The van der Waals surface area contributed by atoms with E-state index < -0.39 is 0 Å². The van der Waals surface area contributed by atoms with E-state index in [1.807, 2.05) is 10.3 Å². The van der Waals surface area contributed by atoms with Crippen molar-refractivity contribution < 1.29 is 9.59 Å². The van der Waals surface area contributed by atoms with Gasteiger partial charge in [-0.25, -0.2) is 4.98 Å². The summed E-state index contributed by atoms with van der Waals surface area (Å²) < 4.78 is 0. The van der Waals surface area contributed by atoms with Crippen molar-refractivity contribution in [1.29, 1.82) is 0 Å². The zero-order chi connectivity index (χ0) is 15.5. The zero-order valence-electron chi connectivity index (χ0n) is 13.0. The Morgan fingerprint density at radius 2 is 2.05 bits per heavy atom. The van der Waals surface area contributed by atoms with Crippen LogP contribution >= 0.6 is 11.3 Å². The van der Waals surface area contributed by atoms with Gasteiger partial charge in [0.15, 0.2) is 0 Å². The maximum Gasteiger partial charge on any atom is 0.225 e. The number of rotatable bonds is 5. The lowest BCUT2D eigenvalue weighted by molar-refractivity contribution is -0.136. The van der Waals surface area contributed by atoms with Crippen molar-refractivity contribution in [1.82, 2.24) is 15.2 Å². The van der Waals surface area contributed by atoms with Crippen LogP contribution in [0, 0.1) is 11.8 Å². The topological polar surface area (TPSA) is 62.3 Å². The number of carbonyl (C=O) groups is 2. The smallest absolute Gasteiger partial charge is 0.225 e. The number of hydrogen-bond acceptors (Lipinski definition) is 4. The highest BCUT2D eigenvalue weighted by Crippen LogP contribution is 2.32. The van der Waals surface area contributed by atoms with Gasteiger partial charge in [0.1, 0.15) is 5.01 Å². The predicted molar refractivity (Wildman–Crippen MR) is 85.3 cm³/mol. The molecule has 5 nitrogen and oxygen atoms in total. The number of hydrogen-bond donors (Lipinski definition) is 1. The van der Waals surface area contributed by atoms with E-state index in [2.05, 4.69) is 17.2 Å². The SMILES string of the molecule is CCC(NC(=O)C1CCN(C(=O)C2CC2)CC1)c1nccs1. The van der Waals surface area contributed by atoms with Gasteiger partial charge in [-0.2, -0.15) is 0 Å². The molecular formula is C16H23N3O2S. The summed E-state index contributed by atoms with van der Waals surface area (Å²) >= 11 is 1.58. The molecule has 120 valence electrons. The fraction of sp³-hybridized carbons (Fsp3) is 0.688. The second-order valence-electron chi connectivity index (χ2n) is 6.21. The molecule has 0 bridgehead atoms. The number of aromatic nitrogens is 1. The summed E-state index contributed by atoms with van der Waals surface area (Å²) in [5, 5.41) is 6.03. The molecule has 2 amide bonds. The molecule has 6 heteroatoms. The molecule has 2 fully saturated rings. The van der Waals surface area contributed by atoms with E-state index in [1.165, 1.54) is 0 Å². The van der Waals surface area contributed by atoms with E-state index in [4.69, 9.17) is 0 Å². The Bertz CT molecular complexity index is 520. The van der Waals surface area contributed by atoms with Gasteiger partial charge in [-0.05, 0) is 32.1 Å². The van der Waals surface area contributed by atoms with Gasteiger partial charge in [0, 0.05) is 36.5 Å². The first kappa shape index (κ1) is 15.5. The summed E-state index contributed by atoms with van der Waals surface area (Å²) in [4.78, 5) is 30.7. The molecule has 1 aliphatic carbocycles. The fourth-order valence-electron chi connectivity index (χ4n) is 2.99. The first-order chi connectivity index (χ1) is 10.7. The van der Waals surface area contributed by atoms with E-state index in [0.717, 1.165) is 50.2 Å². The second-order valence-corrected chi connectivity index (χ2v) is 7.14. The van der Waals surface area contributed by atoms with Crippen LogP contribution in [-0.4, -0.2) is 34.8 Å². The van der Waals surface area contributed by atoms with Gasteiger partial charge < -0.3 is 10.2 Å². The van der Waals surface area contributed by atoms with Crippen LogP contribution < -0.4 is 5.32 Å². The maximum absolute atomic E-state index is 12.4. The summed E-state index contributed by atoms with van der Waals surface area (Å²) in [7, 11) is 0. The van der Waals surface area contributed by atoms with Gasteiger partial charge in [-0.3, -0.25) is 9.59 Å². The van der Waals surface area contributed by atoms with Gasteiger partial charge in [0.2, 0.25) is 11.8 Å². The number of piperidine rings is 1. The van der Waals surface area contributed by atoms with Crippen LogP contribution in [0.15, 0.2) is 11.6 Å². The third kappa shape index (κ3) is 3.48. The number of nitrogens with zero attached hydrogens (tertiary/aromatic N) is 2. The van der Waals surface area contributed by atoms with Gasteiger partial charge in [-0.15, -0.1) is 11.3 Å². The Balaban J connectivity index is 1.50. The lowest BCUT2D eigenvalue weighted by Gasteiger charge is -2.32. The molecule has 1 unspecified atom stereocenters. The molecule has 1 atom stereocenters. The van der Waals surface area contributed by atoms with Crippen molar-refractivity contribution in [3.8, 4) is 0 Å². The number of nitrogens with one attached hydrogen (secondary N) is 1. The minimum atomic E-state index is 0.0126. The third-order valence-electron chi connectivity index (χ3n) is 4.58. The van der Waals surface area contributed by atoms with Gasteiger partial charge in [0.05, 0.1) is 6.04 Å². The average molecular weight is 321 g/mol. The molecule has 0 radical (unpaired) electrons. The molecule has 1 N–H and O–H groups in total. The summed E-state index contributed by atoms with van der Waals surface area (Å²) in [6, 6.07) is 0.0126. The van der Waals surface area contributed by atoms with Crippen molar-refractivity contribution >= 4 is 23.2 Å². The molecule has 1 aromatic rings. The highest BCUT2D eigenvalue weighted by molar-refractivity contribution is 7.09. The molecule has 2 aliphatic rings. The number of carbonyl (C=O) groups excluding carboxylic acids is 2. The van der Waals surface area contributed by atoms with Gasteiger partial charge in [-0.1, -0.05) is 6.92 Å². The Labute approximate surface area is 135 Å². The lowest BCUT2D eigenvalue weighted by Crippen LogP contribution is -2.44. The number of amides is 2. The van der Waals surface area contributed by atoms with Crippen LogP contribution in [0.2, 0.25) is 0 Å². The fourth-order valence-corrected chi connectivity index (χ4v) is 3.76. The minimum absolute atomic E-state index is 0.0126. The molecule has 1 aliphatic heterocycles. The molecular weight excluding hydrogens is 298 g/mol. The molecule has 1 saturated carbocycles. The Morgan fingerprint density at radius 3 is 2.59 bits per heavy atom. The van der Waals surface area contributed by atoms with E-state index in [0.29, 0.717) is 5.91 Å². The van der Waals surface area contributed by atoms with Crippen LogP contribution in [0.5, 0.6) is 0 Å². The monoisotopic (exact) mass is 321 g/mol. The second kappa shape index (κ2) is 6.77. The largest absolute Gasteiger partial charge is 0.347 e. The molecule has 1 saturated heterocycles. The van der Waals surface area contributed by atoms with Gasteiger partial charge in [0.25, 0.3) is 0 Å². The van der Waals surface area contributed by atoms with Crippen LogP contribution in [0.1, 0.15) is 50.1 Å². The molecule has 2 heterocycles. The van der Waals surface area contributed by atoms with Crippen molar-refractivity contribution in [3.05, 3.63) is 16.6 Å². The Morgan fingerprint density at radius 1 is 1.32 bits per heavy atom. The van der Waals surface area contributed by atoms with E-state index >= 15 is 0 Å². The van der Waals surface area contributed by atoms with Crippen molar-refractivity contribution in [3.63, 3.8) is 0 Å². The summed E-state index contributed by atoms with van der Waals surface area (Å²) in [5.41, 5.74) is 0. The molecule has 0 aromatic carbocycles. The summed E-state index contributed by atoms with van der Waals surface area (Å²) in [5.74, 6) is 0.714. The predicted octanol–water partition coefficient (Wildman–Crippen LogP) is 2.36. The highest BCUT2D eigenvalue weighted by Gasteiger charge is 2.36. The van der Waals surface area contributed by atoms with E-state index in [9.17, 15) is 9.59 Å². The van der Waals surface area contributed by atoms with Crippen LogP contribution in [0.3, 0.4) is 0 Å². The number of likely N-dealkylation sites (tertiary alicyclic amines) is 1. The molecule has 0 spiro atoms.